The van der Waals surface area contributed by atoms with Crippen LogP contribution in [0.2, 0.25) is 0 Å². The molecule has 1 heterocycles. The topological polar surface area (TPSA) is 46.9 Å². The Morgan fingerprint density at radius 1 is 1.33 bits per heavy atom. The van der Waals surface area contributed by atoms with Crippen LogP contribution >= 0.6 is 0 Å². The maximum absolute atomic E-state index is 12.3. The molecule has 2 rings (SSSR count). The van der Waals surface area contributed by atoms with Crippen molar-refractivity contribution in [1.82, 2.24) is 14.9 Å². The van der Waals surface area contributed by atoms with Crippen molar-refractivity contribution in [3.8, 4) is 0 Å². The highest BCUT2D eigenvalue weighted by atomic mass is 16.1. The van der Waals surface area contributed by atoms with Gasteiger partial charge < -0.3 is 5.32 Å². The molecule has 0 aliphatic rings. The van der Waals surface area contributed by atoms with Crippen LogP contribution in [-0.4, -0.2) is 16.1 Å². The first-order chi connectivity index (χ1) is 8.69. The van der Waals surface area contributed by atoms with Gasteiger partial charge in [-0.05, 0) is 25.1 Å². The lowest BCUT2D eigenvalue weighted by molar-refractivity contribution is 0.487. The predicted molar refractivity (Wildman–Crippen MR) is 73.7 cm³/mol. The molecule has 1 atom stereocenters. The Bertz CT molecular complexity index is 604. The zero-order chi connectivity index (χ0) is 13.1. The van der Waals surface area contributed by atoms with Gasteiger partial charge in [0.25, 0.3) is 5.56 Å². The first kappa shape index (κ1) is 12.8. The molecule has 4 nitrogen and oxygen atoms in total. The highest BCUT2D eigenvalue weighted by Crippen LogP contribution is 2.15. The van der Waals surface area contributed by atoms with E-state index in [9.17, 15) is 4.79 Å². The Balaban J connectivity index is 2.64. The molecule has 0 saturated carbocycles. The van der Waals surface area contributed by atoms with E-state index in [2.05, 4.69) is 24.1 Å². The maximum Gasteiger partial charge on any atom is 0.261 e. The molecule has 2 aromatic rings. The molecule has 96 valence electrons. The van der Waals surface area contributed by atoms with Gasteiger partial charge in [0, 0.05) is 7.05 Å². The average molecular weight is 245 g/mol. The van der Waals surface area contributed by atoms with Gasteiger partial charge in [0.2, 0.25) is 0 Å². The Morgan fingerprint density at radius 3 is 2.72 bits per heavy atom. The lowest BCUT2D eigenvalue weighted by Gasteiger charge is -2.18. The summed E-state index contributed by atoms with van der Waals surface area (Å²) in [5.74, 6) is 0.808. The van der Waals surface area contributed by atoms with E-state index >= 15 is 0 Å². The molecule has 0 radical (unpaired) electrons. The van der Waals surface area contributed by atoms with E-state index < -0.39 is 0 Å². The Morgan fingerprint density at radius 2 is 2.06 bits per heavy atom. The van der Waals surface area contributed by atoms with Gasteiger partial charge in [-0.2, -0.15) is 0 Å². The van der Waals surface area contributed by atoms with Crippen molar-refractivity contribution >= 4 is 10.9 Å². The minimum Gasteiger partial charge on any atom is -0.308 e. The third-order valence-electron chi connectivity index (χ3n) is 3.19. The van der Waals surface area contributed by atoms with E-state index in [0.29, 0.717) is 5.39 Å². The van der Waals surface area contributed by atoms with E-state index in [0.717, 1.165) is 24.3 Å². The number of nitrogens with one attached hydrogen (secondary N) is 1. The number of rotatable bonds is 4. The first-order valence-electron chi connectivity index (χ1n) is 6.38. The van der Waals surface area contributed by atoms with Gasteiger partial charge in [-0.1, -0.05) is 26.0 Å². The number of aromatic nitrogens is 2. The predicted octanol–water partition coefficient (Wildman–Crippen LogP) is 1.99. The van der Waals surface area contributed by atoms with Crippen molar-refractivity contribution in [3.05, 3.63) is 40.4 Å². The molecule has 18 heavy (non-hydrogen) atoms. The fraction of sp³-hybridized carbons (Fsp3) is 0.429. The van der Waals surface area contributed by atoms with Crippen LogP contribution in [0.25, 0.3) is 10.9 Å². The van der Waals surface area contributed by atoms with Crippen LogP contribution in [0.4, 0.5) is 0 Å². The minimum atomic E-state index is 0.0203. The molecule has 0 bridgehead atoms. The number of fused-ring (bicyclic) bond motifs is 1. The average Bonchev–Trinajstić information content (AvgIpc) is 2.40. The summed E-state index contributed by atoms with van der Waals surface area (Å²) in [5, 5.41) is 4.04. The summed E-state index contributed by atoms with van der Waals surface area (Å²) in [7, 11) is 1.79. The molecule has 0 aliphatic carbocycles. The molecule has 1 aromatic heterocycles. The van der Waals surface area contributed by atoms with Crippen molar-refractivity contribution in [3.63, 3.8) is 0 Å². The molecule has 1 unspecified atom stereocenters. The van der Waals surface area contributed by atoms with Crippen LogP contribution in [0.5, 0.6) is 0 Å². The summed E-state index contributed by atoms with van der Waals surface area (Å²) in [6, 6.07) is 7.61. The van der Waals surface area contributed by atoms with Crippen molar-refractivity contribution in [2.45, 2.75) is 26.3 Å². The van der Waals surface area contributed by atoms with Crippen LogP contribution in [0.1, 0.15) is 32.1 Å². The van der Waals surface area contributed by atoms with Crippen LogP contribution < -0.4 is 10.9 Å². The van der Waals surface area contributed by atoms with Crippen molar-refractivity contribution in [1.29, 1.82) is 0 Å². The second-order valence-electron chi connectivity index (χ2n) is 4.37. The fourth-order valence-corrected chi connectivity index (χ4v) is 2.21. The standard InChI is InChI=1S/C14H19N3O/c1-4-11(15-5-2)13-16-12-9-7-6-8-10(12)14(18)17(13)3/h6-9,11,15H,4-5H2,1-3H3. The van der Waals surface area contributed by atoms with Gasteiger partial charge in [-0.25, -0.2) is 4.98 Å². The van der Waals surface area contributed by atoms with Gasteiger partial charge in [-0.3, -0.25) is 9.36 Å². The Labute approximate surface area is 107 Å². The Hall–Kier alpha value is -1.68. The SMILES string of the molecule is CCNC(CC)c1nc2ccccc2c(=O)n1C. The number of benzene rings is 1. The number of hydrogen-bond donors (Lipinski definition) is 1. The lowest BCUT2D eigenvalue weighted by atomic mass is 10.1. The summed E-state index contributed by atoms with van der Waals surface area (Å²) < 4.78 is 1.65. The smallest absolute Gasteiger partial charge is 0.261 e. The van der Waals surface area contributed by atoms with Crippen LogP contribution in [0.3, 0.4) is 0 Å². The largest absolute Gasteiger partial charge is 0.308 e. The van der Waals surface area contributed by atoms with E-state index in [1.807, 2.05) is 24.3 Å². The van der Waals surface area contributed by atoms with Crippen molar-refractivity contribution < 1.29 is 0 Å². The zero-order valence-electron chi connectivity index (χ0n) is 11.1. The highest BCUT2D eigenvalue weighted by molar-refractivity contribution is 5.77. The maximum atomic E-state index is 12.3. The molecular formula is C14H19N3O. The number of hydrogen-bond acceptors (Lipinski definition) is 3. The van der Waals surface area contributed by atoms with Gasteiger partial charge >= 0.3 is 0 Å². The minimum absolute atomic E-state index is 0.0203. The second-order valence-corrected chi connectivity index (χ2v) is 4.37. The van der Waals surface area contributed by atoms with E-state index in [1.54, 1.807) is 11.6 Å². The monoisotopic (exact) mass is 245 g/mol. The van der Waals surface area contributed by atoms with Gasteiger partial charge in [-0.15, -0.1) is 0 Å². The molecule has 1 aromatic carbocycles. The van der Waals surface area contributed by atoms with Gasteiger partial charge in [0.1, 0.15) is 5.82 Å². The van der Waals surface area contributed by atoms with Crippen LogP contribution in [0, 0.1) is 0 Å². The van der Waals surface area contributed by atoms with E-state index in [1.165, 1.54) is 0 Å². The molecule has 0 spiro atoms. The molecular weight excluding hydrogens is 226 g/mol. The highest BCUT2D eigenvalue weighted by Gasteiger charge is 2.15. The fourth-order valence-electron chi connectivity index (χ4n) is 2.21. The van der Waals surface area contributed by atoms with Crippen LogP contribution in [-0.2, 0) is 7.05 Å². The van der Waals surface area contributed by atoms with E-state index in [4.69, 9.17) is 0 Å². The summed E-state index contributed by atoms with van der Waals surface area (Å²) in [6.45, 7) is 5.01. The third kappa shape index (κ3) is 2.16. The molecule has 4 heteroatoms. The third-order valence-corrected chi connectivity index (χ3v) is 3.19. The normalized spacial score (nSPS) is 12.8. The molecule has 0 fully saturated rings. The second kappa shape index (κ2) is 5.31. The Kier molecular flexibility index (Phi) is 3.77. The van der Waals surface area contributed by atoms with Crippen molar-refractivity contribution in [2.24, 2.45) is 7.05 Å². The van der Waals surface area contributed by atoms with E-state index in [-0.39, 0.29) is 11.6 Å². The molecule has 0 saturated heterocycles. The van der Waals surface area contributed by atoms with Gasteiger partial charge in [0.15, 0.2) is 0 Å². The number of para-hydroxylation sites is 1. The molecule has 0 amide bonds. The zero-order valence-corrected chi connectivity index (χ0v) is 11.1. The lowest BCUT2D eigenvalue weighted by Crippen LogP contribution is -2.30. The summed E-state index contributed by atoms with van der Waals surface area (Å²) >= 11 is 0. The molecule has 0 aliphatic heterocycles. The summed E-state index contributed by atoms with van der Waals surface area (Å²) in [5.41, 5.74) is 0.791. The summed E-state index contributed by atoms with van der Waals surface area (Å²) in [6.07, 6.45) is 0.909. The quantitative estimate of drug-likeness (QED) is 0.896. The van der Waals surface area contributed by atoms with Crippen molar-refractivity contribution in [2.75, 3.05) is 6.54 Å². The number of nitrogens with zero attached hydrogens (tertiary/aromatic N) is 2. The first-order valence-corrected chi connectivity index (χ1v) is 6.38. The summed E-state index contributed by atoms with van der Waals surface area (Å²) in [4.78, 5) is 16.9. The van der Waals surface area contributed by atoms with Gasteiger partial charge in [0.05, 0.1) is 16.9 Å². The van der Waals surface area contributed by atoms with Crippen LogP contribution in [0.15, 0.2) is 29.1 Å². The molecule has 1 N–H and O–H groups in total.